The zero-order chi connectivity index (χ0) is 40.5. The topological polar surface area (TPSA) is 163 Å². The fourth-order valence-electron chi connectivity index (χ4n) is 17.9. The number of nitrogens with zero attached hydrogens (tertiary/aromatic N) is 2. The summed E-state index contributed by atoms with van der Waals surface area (Å²) in [6, 6.07) is 8.21. The van der Waals surface area contributed by atoms with Gasteiger partial charge in [-0.15, -0.1) is 0 Å². The van der Waals surface area contributed by atoms with Crippen molar-refractivity contribution in [2.45, 2.75) is 144 Å². The average molecular weight is 802 g/mol. The summed E-state index contributed by atoms with van der Waals surface area (Å²) < 4.78 is 17.5. The van der Waals surface area contributed by atoms with Crippen LogP contribution in [0.2, 0.25) is 0 Å². The number of esters is 3. The van der Waals surface area contributed by atoms with Crippen molar-refractivity contribution < 1.29 is 53.5 Å². The summed E-state index contributed by atoms with van der Waals surface area (Å²) in [6.07, 6.45) is 6.02. The molecule has 18 atom stereocenters. The van der Waals surface area contributed by atoms with Crippen molar-refractivity contribution in [3.63, 3.8) is 0 Å². The number of benzene rings is 1. The highest BCUT2D eigenvalue weighted by atomic mass is 16.6. The first-order valence-electron chi connectivity index (χ1n) is 22.3. The number of hydrogen-bond donors (Lipinski definition) is 4. The van der Waals surface area contributed by atoms with E-state index in [2.05, 4.69) is 44.0 Å². The van der Waals surface area contributed by atoms with Crippen molar-refractivity contribution in [3.8, 4) is 0 Å². The largest absolute Gasteiger partial charge is 0.468 e. The van der Waals surface area contributed by atoms with Crippen molar-refractivity contribution in [1.82, 2.24) is 0 Å². The standard InChI is InChI=1S/C46H61N2O10/c1-5-26-27-19-33-38-44(31-8-6-7-9-32(31)47(38)3)21-34(37(27)39(44)51)48(33,40(26)52)22-36(50)58-25-10-16-45(41(53)56-4)29-11-14-42(2)28(24-18-35(49)57-23-24)13-17-46(42,55)30(29)12-15-43(45,54)20-25/h6-9,18,25-30,33-34,37-40,51-52,54-55H,5,10-17,19-23H2,1-4H3/q+1/t25-,26-,27-,28+,29+,30+,33-,34-,37+,38-,39-,40+,42+,43-,44-,45+,46-,48+/m0/s1. The van der Waals surface area contributed by atoms with Gasteiger partial charge in [-0.05, 0) is 98.7 Å². The van der Waals surface area contributed by atoms with Crippen molar-refractivity contribution in [2.75, 3.05) is 32.2 Å². The Morgan fingerprint density at radius 2 is 1.78 bits per heavy atom. The molecular formula is C46H61N2O10+. The van der Waals surface area contributed by atoms with E-state index in [0.29, 0.717) is 38.5 Å². The fraction of sp³-hybridized carbons (Fsp3) is 0.761. The molecule has 5 saturated carbocycles. The zero-order valence-corrected chi connectivity index (χ0v) is 34.3. The minimum absolute atomic E-state index is 0.00132. The molecule has 4 saturated heterocycles. The van der Waals surface area contributed by atoms with Crippen LogP contribution in [-0.2, 0) is 34.0 Å². The van der Waals surface area contributed by atoms with Crippen LogP contribution in [0, 0.1) is 46.3 Å². The second-order valence-electron chi connectivity index (χ2n) is 20.9. The maximum absolute atomic E-state index is 14.6. The summed E-state index contributed by atoms with van der Waals surface area (Å²) in [5.74, 6) is -1.64. The molecule has 1 spiro atoms. The molecule has 0 radical (unpaired) electrons. The van der Waals surface area contributed by atoms with Crippen molar-refractivity contribution in [3.05, 3.63) is 41.5 Å². The van der Waals surface area contributed by atoms with Gasteiger partial charge in [-0.3, -0.25) is 9.28 Å². The Kier molecular flexibility index (Phi) is 7.90. The molecule has 5 bridgehead atoms. The lowest BCUT2D eigenvalue weighted by Gasteiger charge is -2.67. The molecule has 4 N–H and O–H groups in total. The van der Waals surface area contributed by atoms with Crippen LogP contribution in [0.4, 0.5) is 5.69 Å². The summed E-state index contributed by atoms with van der Waals surface area (Å²) in [6.45, 7) is 4.49. The van der Waals surface area contributed by atoms with Crippen LogP contribution >= 0.6 is 0 Å². The Hall–Kier alpha value is -3.03. The molecule has 9 fully saturated rings. The molecule has 314 valence electrons. The average Bonchev–Trinajstić information content (AvgIpc) is 3.89. The number of likely N-dealkylation sites (N-methyl/N-ethyl adjacent to an activating group) is 1. The van der Waals surface area contributed by atoms with Gasteiger partial charge in [-0.25, -0.2) is 9.59 Å². The number of rotatable bonds is 6. The molecule has 6 heterocycles. The minimum Gasteiger partial charge on any atom is -0.468 e. The maximum Gasteiger partial charge on any atom is 0.362 e. The monoisotopic (exact) mass is 801 g/mol. The number of piperidine rings is 4. The summed E-state index contributed by atoms with van der Waals surface area (Å²) >= 11 is 0. The number of fused-ring (bicyclic) bond motifs is 7. The molecule has 12 rings (SSSR count). The summed E-state index contributed by atoms with van der Waals surface area (Å²) in [5, 5.41) is 50.6. The maximum atomic E-state index is 14.6. The van der Waals surface area contributed by atoms with Crippen LogP contribution in [0.3, 0.4) is 0 Å². The van der Waals surface area contributed by atoms with Gasteiger partial charge in [0.1, 0.15) is 18.8 Å². The zero-order valence-electron chi connectivity index (χ0n) is 34.3. The first kappa shape index (κ1) is 37.9. The van der Waals surface area contributed by atoms with Crippen molar-refractivity contribution >= 4 is 23.6 Å². The minimum atomic E-state index is -1.50. The highest BCUT2D eigenvalue weighted by Gasteiger charge is 2.83. The second-order valence-corrected chi connectivity index (χ2v) is 20.9. The number of methoxy groups -OCH3 is 1. The third kappa shape index (κ3) is 4.14. The number of carbonyl (C=O) groups excluding carboxylic acids is 3. The lowest BCUT2D eigenvalue weighted by Crippen LogP contribution is -2.83. The van der Waals surface area contributed by atoms with Gasteiger partial charge >= 0.3 is 17.9 Å². The van der Waals surface area contributed by atoms with Gasteiger partial charge in [0.05, 0.1) is 47.3 Å². The number of para-hydroxylation sites is 1. The highest BCUT2D eigenvalue weighted by Crippen LogP contribution is 2.73. The van der Waals surface area contributed by atoms with Crippen LogP contribution in [-0.4, -0.2) is 118 Å². The quantitative estimate of drug-likeness (QED) is 0.189. The Balaban J connectivity index is 0.871. The van der Waals surface area contributed by atoms with Crippen molar-refractivity contribution in [2.24, 2.45) is 46.3 Å². The van der Waals surface area contributed by atoms with Crippen LogP contribution in [0.25, 0.3) is 0 Å². The molecular weight excluding hydrogens is 741 g/mol. The molecule has 0 unspecified atom stereocenters. The van der Waals surface area contributed by atoms with E-state index in [1.807, 2.05) is 6.07 Å². The lowest BCUT2D eigenvalue weighted by atomic mass is 9.41. The SMILES string of the molecule is CC[C@H]1[C@@H]2C[C@H]3[C@@H]4N(C)c5ccccc5[C@@]45C[C@@H]([C@@H]2[C@@H]5O)[N@+]3(CC(=O)O[C@H]2CC[C@]3(C(=O)OC)[C@@H]4CC[C@]5(C)[C@@H](C6=CC(=O)OC6)CC[C@]5(O)[C@@H]4CC[C@]3(O)C2)[C@@H]1O. The molecule has 58 heavy (non-hydrogen) atoms. The van der Waals surface area contributed by atoms with E-state index < -0.39 is 57.8 Å². The van der Waals surface area contributed by atoms with Gasteiger partial charge in [0.15, 0.2) is 12.8 Å². The third-order valence-electron chi connectivity index (χ3n) is 19.9. The summed E-state index contributed by atoms with van der Waals surface area (Å²) in [5.41, 5.74) is -1.55. The van der Waals surface area contributed by atoms with Crippen LogP contribution in [0.15, 0.2) is 35.9 Å². The number of aliphatic hydroxyl groups excluding tert-OH is 2. The number of aliphatic hydroxyl groups is 4. The van der Waals surface area contributed by atoms with E-state index in [-0.39, 0.29) is 96.5 Å². The highest BCUT2D eigenvalue weighted by molar-refractivity contribution is 5.85. The molecule has 0 aromatic heterocycles. The first-order valence-corrected chi connectivity index (χ1v) is 22.3. The Labute approximate surface area is 340 Å². The van der Waals surface area contributed by atoms with Gasteiger partial charge in [0, 0.05) is 55.3 Å². The predicted molar refractivity (Wildman–Crippen MR) is 208 cm³/mol. The van der Waals surface area contributed by atoms with Gasteiger partial charge < -0.3 is 39.5 Å². The smallest absolute Gasteiger partial charge is 0.362 e. The molecule has 6 aliphatic heterocycles. The number of anilines is 1. The van der Waals surface area contributed by atoms with Gasteiger partial charge in [-0.2, -0.15) is 0 Å². The van der Waals surface area contributed by atoms with E-state index in [0.717, 1.165) is 30.5 Å². The van der Waals surface area contributed by atoms with Crippen LogP contribution in [0.1, 0.15) is 96.5 Å². The van der Waals surface area contributed by atoms with E-state index in [4.69, 9.17) is 14.2 Å². The molecule has 0 amide bonds. The Bertz CT molecular complexity index is 2010. The number of ether oxygens (including phenoxy) is 3. The molecule has 11 aliphatic rings. The Morgan fingerprint density at radius 1 is 1.00 bits per heavy atom. The Morgan fingerprint density at radius 3 is 2.52 bits per heavy atom. The lowest BCUT2D eigenvalue weighted by molar-refractivity contribution is -1.03. The normalized spacial score (nSPS) is 52.6. The van der Waals surface area contributed by atoms with Crippen LogP contribution < -0.4 is 4.90 Å². The number of carbonyl (C=O) groups is 3. The van der Waals surface area contributed by atoms with Gasteiger partial charge in [0.25, 0.3) is 0 Å². The number of quaternary nitrogens is 1. The fourth-order valence-corrected chi connectivity index (χ4v) is 17.9. The number of hydrogen-bond acceptors (Lipinski definition) is 11. The summed E-state index contributed by atoms with van der Waals surface area (Å²) in [7, 11) is 3.48. The van der Waals surface area contributed by atoms with Gasteiger partial charge in [-0.1, -0.05) is 32.0 Å². The molecule has 12 nitrogen and oxygen atoms in total. The van der Waals surface area contributed by atoms with Crippen molar-refractivity contribution in [1.29, 1.82) is 0 Å². The first-order chi connectivity index (χ1) is 27.7. The predicted octanol–water partition coefficient (Wildman–Crippen LogP) is 3.51. The molecule has 12 heteroatoms. The summed E-state index contributed by atoms with van der Waals surface area (Å²) in [4.78, 5) is 43.2. The number of cyclic esters (lactones) is 1. The van der Waals surface area contributed by atoms with Crippen LogP contribution in [0.5, 0.6) is 0 Å². The van der Waals surface area contributed by atoms with E-state index in [1.54, 1.807) is 6.08 Å². The molecule has 1 aromatic rings. The molecule has 5 aliphatic carbocycles. The van der Waals surface area contributed by atoms with E-state index in [9.17, 15) is 34.8 Å². The van der Waals surface area contributed by atoms with E-state index in [1.165, 1.54) is 12.7 Å². The van der Waals surface area contributed by atoms with Gasteiger partial charge in [0.2, 0.25) is 0 Å². The van der Waals surface area contributed by atoms with E-state index >= 15 is 0 Å². The third-order valence-corrected chi connectivity index (χ3v) is 19.9. The molecule has 1 aromatic carbocycles. The second kappa shape index (κ2) is 12.1.